The zero-order valence-corrected chi connectivity index (χ0v) is 8.91. The van der Waals surface area contributed by atoms with E-state index in [9.17, 15) is 9.90 Å². The molecule has 0 bridgehead atoms. The Labute approximate surface area is 90.0 Å². The number of hydrogen-bond acceptors (Lipinski definition) is 3. The Morgan fingerprint density at radius 3 is 2.80 bits per heavy atom. The minimum absolute atomic E-state index is 0.173. The predicted octanol–water partition coefficient (Wildman–Crippen LogP) is 0.768. The molecular weight excluding hydrogens is 194 g/mol. The van der Waals surface area contributed by atoms with Crippen LogP contribution in [-0.4, -0.2) is 35.4 Å². The van der Waals surface area contributed by atoms with Crippen molar-refractivity contribution < 1.29 is 15.0 Å². The Morgan fingerprint density at radius 1 is 1.47 bits per heavy atom. The lowest BCUT2D eigenvalue weighted by Crippen LogP contribution is -2.31. The summed E-state index contributed by atoms with van der Waals surface area (Å²) in [5, 5.41) is 21.1. The Balaban J connectivity index is 2.14. The lowest BCUT2D eigenvalue weighted by Gasteiger charge is -2.25. The first-order chi connectivity index (χ1) is 7.09. The molecule has 0 aromatic rings. The quantitative estimate of drug-likeness (QED) is 0.590. The SMILES string of the molecule is C=C(CNCC1CCCC(O)C1)C(=O)O. The minimum atomic E-state index is -0.953. The molecule has 1 aliphatic rings. The summed E-state index contributed by atoms with van der Waals surface area (Å²) >= 11 is 0. The third kappa shape index (κ3) is 4.44. The Bertz CT molecular complexity index is 240. The maximum atomic E-state index is 10.5. The van der Waals surface area contributed by atoms with Crippen LogP contribution in [-0.2, 0) is 4.79 Å². The van der Waals surface area contributed by atoms with Crippen molar-refractivity contribution in [1.29, 1.82) is 0 Å². The van der Waals surface area contributed by atoms with Gasteiger partial charge in [0.25, 0.3) is 0 Å². The second kappa shape index (κ2) is 5.88. The van der Waals surface area contributed by atoms with Crippen molar-refractivity contribution in [3.8, 4) is 0 Å². The first-order valence-corrected chi connectivity index (χ1v) is 5.39. The topological polar surface area (TPSA) is 69.6 Å². The van der Waals surface area contributed by atoms with E-state index in [-0.39, 0.29) is 11.7 Å². The lowest BCUT2D eigenvalue weighted by atomic mass is 9.87. The average molecular weight is 213 g/mol. The molecule has 2 unspecified atom stereocenters. The number of hydrogen-bond donors (Lipinski definition) is 3. The fourth-order valence-corrected chi connectivity index (χ4v) is 1.95. The predicted molar refractivity (Wildman–Crippen MR) is 57.6 cm³/mol. The molecule has 4 heteroatoms. The maximum Gasteiger partial charge on any atom is 0.332 e. The van der Waals surface area contributed by atoms with Crippen molar-refractivity contribution in [2.45, 2.75) is 31.8 Å². The number of aliphatic hydroxyl groups is 1. The van der Waals surface area contributed by atoms with Crippen LogP contribution in [0.25, 0.3) is 0 Å². The van der Waals surface area contributed by atoms with Crippen LogP contribution in [0.4, 0.5) is 0 Å². The highest BCUT2D eigenvalue weighted by Crippen LogP contribution is 2.23. The van der Waals surface area contributed by atoms with E-state index in [4.69, 9.17) is 5.11 Å². The van der Waals surface area contributed by atoms with Crippen molar-refractivity contribution >= 4 is 5.97 Å². The van der Waals surface area contributed by atoms with Crippen LogP contribution in [0.5, 0.6) is 0 Å². The van der Waals surface area contributed by atoms with E-state index in [1.165, 1.54) is 0 Å². The van der Waals surface area contributed by atoms with Crippen LogP contribution < -0.4 is 5.32 Å². The fourth-order valence-electron chi connectivity index (χ4n) is 1.95. The zero-order valence-electron chi connectivity index (χ0n) is 8.91. The summed E-state index contributed by atoms with van der Waals surface area (Å²) in [6.07, 6.45) is 3.73. The summed E-state index contributed by atoms with van der Waals surface area (Å²) < 4.78 is 0. The van der Waals surface area contributed by atoms with Gasteiger partial charge < -0.3 is 15.5 Å². The molecule has 2 atom stereocenters. The number of carboxylic acids is 1. The highest BCUT2D eigenvalue weighted by Gasteiger charge is 2.19. The van der Waals surface area contributed by atoms with Crippen LogP contribution in [0.3, 0.4) is 0 Å². The zero-order chi connectivity index (χ0) is 11.3. The van der Waals surface area contributed by atoms with Gasteiger partial charge in [-0.15, -0.1) is 0 Å². The monoisotopic (exact) mass is 213 g/mol. The van der Waals surface area contributed by atoms with E-state index in [2.05, 4.69) is 11.9 Å². The molecule has 1 aliphatic carbocycles. The van der Waals surface area contributed by atoms with Gasteiger partial charge in [-0.05, 0) is 31.7 Å². The van der Waals surface area contributed by atoms with Gasteiger partial charge in [-0.3, -0.25) is 0 Å². The molecule has 4 nitrogen and oxygen atoms in total. The molecule has 15 heavy (non-hydrogen) atoms. The Morgan fingerprint density at radius 2 is 2.20 bits per heavy atom. The third-order valence-corrected chi connectivity index (χ3v) is 2.83. The van der Waals surface area contributed by atoms with E-state index in [0.717, 1.165) is 32.2 Å². The number of rotatable bonds is 5. The first-order valence-electron chi connectivity index (χ1n) is 5.39. The van der Waals surface area contributed by atoms with E-state index < -0.39 is 5.97 Å². The van der Waals surface area contributed by atoms with Crippen molar-refractivity contribution in [2.24, 2.45) is 5.92 Å². The molecule has 0 saturated heterocycles. The van der Waals surface area contributed by atoms with Gasteiger partial charge in [-0.1, -0.05) is 13.0 Å². The summed E-state index contributed by atoms with van der Waals surface area (Å²) in [6.45, 7) is 4.53. The van der Waals surface area contributed by atoms with Crippen LogP contribution in [0.1, 0.15) is 25.7 Å². The minimum Gasteiger partial charge on any atom is -0.478 e. The highest BCUT2D eigenvalue weighted by molar-refractivity contribution is 5.86. The number of carboxylic acid groups (broad SMARTS) is 1. The molecule has 0 aromatic carbocycles. The molecule has 1 saturated carbocycles. The molecule has 0 amide bonds. The van der Waals surface area contributed by atoms with Crippen LogP contribution in [0.2, 0.25) is 0 Å². The van der Waals surface area contributed by atoms with E-state index in [0.29, 0.717) is 12.5 Å². The fraction of sp³-hybridized carbons (Fsp3) is 0.727. The van der Waals surface area contributed by atoms with Crippen LogP contribution in [0, 0.1) is 5.92 Å². The van der Waals surface area contributed by atoms with E-state index in [1.807, 2.05) is 0 Å². The summed E-state index contributed by atoms with van der Waals surface area (Å²) in [7, 11) is 0. The van der Waals surface area contributed by atoms with Crippen molar-refractivity contribution in [3.63, 3.8) is 0 Å². The largest absolute Gasteiger partial charge is 0.478 e. The molecule has 0 aliphatic heterocycles. The average Bonchev–Trinajstić information content (AvgIpc) is 2.17. The summed E-state index contributed by atoms with van der Waals surface area (Å²) in [5.41, 5.74) is 0.186. The summed E-state index contributed by atoms with van der Waals surface area (Å²) in [4.78, 5) is 10.5. The van der Waals surface area contributed by atoms with Crippen molar-refractivity contribution in [1.82, 2.24) is 5.32 Å². The standard InChI is InChI=1S/C11H19NO3/c1-8(11(14)15)6-12-7-9-3-2-4-10(13)5-9/h9-10,12-13H,1-7H2,(H,14,15). The van der Waals surface area contributed by atoms with Gasteiger partial charge in [0, 0.05) is 12.1 Å². The lowest BCUT2D eigenvalue weighted by molar-refractivity contribution is -0.132. The van der Waals surface area contributed by atoms with E-state index in [1.54, 1.807) is 0 Å². The second-order valence-corrected chi connectivity index (χ2v) is 4.23. The number of aliphatic hydroxyl groups excluding tert-OH is 1. The molecule has 1 rings (SSSR count). The van der Waals surface area contributed by atoms with Gasteiger partial charge in [-0.25, -0.2) is 4.79 Å². The normalized spacial score (nSPS) is 26.2. The molecule has 0 aromatic heterocycles. The van der Waals surface area contributed by atoms with Crippen LogP contribution >= 0.6 is 0 Å². The molecule has 0 spiro atoms. The molecule has 0 radical (unpaired) electrons. The summed E-state index contributed by atoms with van der Waals surface area (Å²) in [6, 6.07) is 0. The number of aliphatic carboxylic acids is 1. The molecule has 0 heterocycles. The van der Waals surface area contributed by atoms with Crippen LogP contribution in [0.15, 0.2) is 12.2 Å². The van der Waals surface area contributed by atoms with Gasteiger partial charge in [0.1, 0.15) is 0 Å². The van der Waals surface area contributed by atoms with Crippen molar-refractivity contribution in [2.75, 3.05) is 13.1 Å². The summed E-state index contributed by atoms with van der Waals surface area (Å²) in [5.74, 6) is -0.485. The molecule has 1 fully saturated rings. The molecular formula is C11H19NO3. The Kier molecular flexibility index (Phi) is 4.78. The second-order valence-electron chi connectivity index (χ2n) is 4.23. The number of carbonyl (C=O) groups is 1. The Hall–Kier alpha value is -0.870. The smallest absolute Gasteiger partial charge is 0.332 e. The molecule has 86 valence electrons. The maximum absolute atomic E-state index is 10.5. The van der Waals surface area contributed by atoms with Gasteiger partial charge in [0.15, 0.2) is 0 Å². The third-order valence-electron chi connectivity index (χ3n) is 2.83. The first kappa shape index (κ1) is 12.2. The van der Waals surface area contributed by atoms with Crippen molar-refractivity contribution in [3.05, 3.63) is 12.2 Å². The van der Waals surface area contributed by atoms with Gasteiger partial charge in [0.2, 0.25) is 0 Å². The highest BCUT2D eigenvalue weighted by atomic mass is 16.4. The number of nitrogens with one attached hydrogen (secondary N) is 1. The molecule has 3 N–H and O–H groups in total. The van der Waals surface area contributed by atoms with E-state index >= 15 is 0 Å². The van der Waals surface area contributed by atoms with Gasteiger partial charge >= 0.3 is 5.97 Å². The van der Waals surface area contributed by atoms with Gasteiger partial charge in [0.05, 0.1) is 6.10 Å². The van der Waals surface area contributed by atoms with Gasteiger partial charge in [-0.2, -0.15) is 0 Å².